The summed E-state index contributed by atoms with van der Waals surface area (Å²) in [7, 11) is 0. The third kappa shape index (κ3) is 4.56. The van der Waals surface area contributed by atoms with Crippen LogP contribution >= 0.6 is 0 Å². The quantitative estimate of drug-likeness (QED) is 0.467. The highest BCUT2D eigenvalue weighted by atomic mass is 19.1. The SMILES string of the molecule is Cc1cccc(-n2nc(-c3ccc(C)c(C)c3)cc2C(=O)NCc2ccc(F)cc2)c1. The van der Waals surface area contributed by atoms with Crippen molar-refractivity contribution < 1.29 is 9.18 Å². The van der Waals surface area contributed by atoms with Gasteiger partial charge in [0.2, 0.25) is 0 Å². The summed E-state index contributed by atoms with van der Waals surface area (Å²) < 4.78 is 14.8. The van der Waals surface area contributed by atoms with Crippen LogP contribution in [0.4, 0.5) is 4.39 Å². The normalized spacial score (nSPS) is 10.8. The molecule has 0 atom stereocenters. The van der Waals surface area contributed by atoms with Gasteiger partial charge in [-0.3, -0.25) is 4.79 Å². The van der Waals surface area contributed by atoms with E-state index in [0.29, 0.717) is 12.2 Å². The van der Waals surface area contributed by atoms with Crippen LogP contribution in [-0.4, -0.2) is 15.7 Å². The molecule has 0 unspecified atom stereocenters. The fraction of sp³-hybridized carbons (Fsp3) is 0.154. The van der Waals surface area contributed by atoms with Crippen LogP contribution in [-0.2, 0) is 6.54 Å². The number of nitrogens with zero attached hydrogens (tertiary/aromatic N) is 2. The molecule has 1 aromatic heterocycles. The summed E-state index contributed by atoms with van der Waals surface area (Å²) in [5.41, 5.74) is 7.25. The lowest BCUT2D eigenvalue weighted by molar-refractivity contribution is 0.0943. The fourth-order valence-electron chi connectivity index (χ4n) is 3.42. The molecule has 3 aromatic carbocycles. The summed E-state index contributed by atoms with van der Waals surface area (Å²) in [6.45, 7) is 6.44. The first kappa shape index (κ1) is 20.5. The third-order valence-corrected chi connectivity index (χ3v) is 5.36. The van der Waals surface area contributed by atoms with Crippen molar-refractivity contribution in [2.75, 3.05) is 0 Å². The lowest BCUT2D eigenvalue weighted by Crippen LogP contribution is -2.25. The molecule has 0 fully saturated rings. The van der Waals surface area contributed by atoms with Gasteiger partial charge in [-0.2, -0.15) is 5.10 Å². The van der Waals surface area contributed by atoms with Gasteiger partial charge < -0.3 is 5.32 Å². The highest BCUT2D eigenvalue weighted by molar-refractivity contribution is 5.94. The summed E-state index contributed by atoms with van der Waals surface area (Å²) in [6, 6.07) is 21.9. The van der Waals surface area contributed by atoms with Crippen LogP contribution in [0.3, 0.4) is 0 Å². The molecular weight excluding hydrogens is 389 g/mol. The molecule has 0 radical (unpaired) electrons. The molecule has 5 heteroatoms. The number of hydrogen-bond donors (Lipinski definition) is 1. The first-order chi connectivity index (χ1) is 14.9. The number of carbonyl (C=O) groups is 1. The topological polar surface area (TPSA) is 46.9 Å². The van der Waals surface area contributed by atoms with Gasteiger partial charge in [0.05, 0.1) is 11.4 Å². The van der Waals surface area contributed by atoms with E-state index < -0.39 is 0 Å². The van der Waals surface area contributed by atoms with Crippen molar-refractivity contribution in [3.63, 3.8) is 0 Å². The summed E-state index contributed by atoms with van der Waals surface area (Å²) >= 11 is 0. The number of aryl methyl sites for hydroxylation is 3. The Morgan fingerprint density at radius 2 is 1.71 bits per heavy atom. The lowest BCUT2D eigenvalue weighted by atomic mass is 10.0. The smallest absolute Gasteiger partial charge is 0.270 e. The second-order valence-corrected chi connectivity index (χ2v) is 7.77. The fourth-order valence-corrected chi connectivity index (χ4v) is 3.42. The molecule has 4 aromatic rings. The Labute approximate surface area is 181 Å². The first-order valence-corrected chi connectivity index (χ1v) is 10.2. The largest absolute Gasteiger partial charge is 0.347 e. The van der Waals surface area contributed by atoms with Gasteiger partial charge >= 0.3 is 0 Å². The summed E-state index contributed by atoms with van der Waals surface area (Å²) in [5.74, 6) is -0.543. The number of halogens is 1. The molecule has 31 heavy (non-hydrogen) atoms. The van der Waals surface area contributed by atoms with Gasteiger partial charge in [0.25, 0.3) is 5.91 Å². The zero-order valence-electron chi connectivity index (χ0n) is 17.8. The van der Waals surface area contributed by atoms with Crippen molar-refractivity contribution in [2.45, 2.75) is 27.3 Å². The molecule has 4 rings (SSSR count). The van der Waals surface area contributed by atoms with Gasteiger partial charge in [-0.25, -0.2) is 9.07 Å². The maximum Gasteiger partial charge on any atom is 0.270 e. The molecule has 0 saturated carbocycles. The van der Waals surface area contributed by atoms with Crippen LogP contribution in [0.2, 0.25) is 0 Å². The van der Waals surface area contributed by atoms with Crippen molar-refractivity contribution in [2.24, 2.45) is 0 Å². The van der Waals surface area contributed by atoms with Crippen LogP contribution in [0.1, 0.15) is 32.7 Å². The Bertz CT molecular complexity index is 1240. The highest BCUT2D eigenvalue weighted by Gasteiger charge is 2.18. The maximum atomic E-state index is 13.1. The van der Waals surface area contributed by atoms with E-state index in [9.17, 15) is 9.18 Å². The molecule has 1 heterocycles. The van der Waals surface area contributed by atoms with Crippen molar-refractivity contribution in [3.8, 4) is 16.9 Å². The van der Waals surface area contributed by atoms with Crippen molar-refractivity contribution in [1.29, 1.82) is 0 Å². The average Bonchev–Trinajstić information content (AvgIpc) is 3.21. The number of carbonyl (C=O) groups excluding carboxylic acids is 1. The second-order valence-electron chi connectivity index (χ2n) is 7.77. The Morgan fingerprint density at radius 1 is 0.935 bits per heavy atom. The van der Waals surface area contributed by atoms with E-state index in [1.54, 1.807) is 16.8 Å². The number of amides is 1. The molecule has 0 saturated heterocycles. The van der Waals surface area contributed by atoms with Crippen LogP contribution in [0, 0.1) is 26.6 Å². The summed E-state index contributed by atoms with van der Waals surface area (Å²) in [6.07, 6.45) is 0. The molecular formula is C26H24FN3O. The van der Waals surface area contributed by atoms with Gasteiger partial charge in [0.15, 0.2) is 0 Å². The van der Waals surface area contributed by atoms with Crippen LogP contribution in [0.15, 0.2) is 72.8 Å². The number of hydrogen-bond acceptors (Lipinski definition) is 2. The molecule has 0 aliphatic heterocycles. The van der Waals surface area contributed by atoms with Crippen molar-refractivity contribution in [3.05, 3.63) is 107 Å². The van der Waals surface area contributed by atoms with Crippen LogP contribution < -0.4 is 5.32 Å². The minimum absolute atomic E-state index is 0.242. The average molecular weight is 413 g/mol. The number of aromatic nitrogens is 2. The minimum Gasteiger partial charge on any atom is -0.347 e. The number of nitrogens with one attached hydrogen (secondary N) is 1. The molecule has 4 nitrogen and oxygen atoms in total. The highest BCUT2D eigenvalue weighted by Crippen LogP contribution is 2.24. The maximum absolute atomic E-state index is 13.1. The lowest BCUT2D eigenvalue weighted by Gasteiger charge is -2.09. The Hall–Kier alpha value is -3.73. The minimum atomic E-state index is -0.300. The summed E-state index contributed by atoms with van der Waals surface area (Å²) in [5, 5.41) is 7.68. The Kier molecular flexibility index (Phi) is 5.67. The van der Waals surface area contributed by atoms with Gasteiger partial charge in [0, 0.05) is 12.1 Å². The third-order valence-electron chi connectivity index (χ3n) is 5.36. The second kappa shape index (κ2) is 8.56. The molecule has 0 aliphatic carbocycles. The van der Waals surface area contributed by atoms with Crippen molar-refractivity contribution in [1.82, 2.24) is 15.1 Å². The van der Waals surface area contributed by atoms with Crippen LogP contribution in [0.25, 0.3) is 16.9 Å². The molecule has 1 N–H and O–H groups in total. The van der Waals surface area contributed by atoms with Crippen LogP contribution in [0.5, 0.6) is 0 Å². The predicted octanol–water partition coefficient (Wildman–Crippen LogP) is 5.53. The molecule has 0 spiro atoms. The van der Waals surface area contributed by atoms with Gasteiger partial charge in [-0.1, -0.05) is 36.4 Å². The zero-order chi connectivity index (χ0) is 22.0. The monoisotopic (exact) mass is 413 g/mol. The van der Waals surface area contributed by atoms with Gasteiger partial charge in [0.1, 0.15) is 11.5 Å². The van der Waals surface area contributed by atoms with Gasteiger partial charge in [-0.15, -0.1) is 0 Å². The first-order valence-electron chi connectivity index (χ1n) is 10.2. The molecule has 0 bridgehead atoms. The van der Waals surface area contributed by atoms with E-state index in [1.165, 1.54) is 23.3 Å². The Morgan fingerprint density at radius 3 is 2.42 bits per heavy atom. The number of benzene rings is 3. The molecule has 0 aliphatic rings. The molecule has 1 amide bonds. The van der Waals surface area contributed by atoms with E-state index in [-0.39, 0.29) is 11.7 Å². The predicted molar refractivity (Wildman–Crippen MR) is 121 cm³/mol. The van der Waals surface area contributed by atoms with E-state index in [4.69, 9.17) is 5.10 Å². The van der Waals surface area contributed by atoms with Crippen molar-refractivity contribution >= 4 is 5.91 Å². The Balaban J connectivity index is 1.70. The summed E-state index contributed by atoms with van der Waals surface area (Å²) in [4.78, 5) is 13.1. The molecule has 156 valence electrons. The van der Waals surface area contributed by atoms with E-state index in [0.717, 1.165) is 28.1 Å². The van der Waals surface area contributed by atoms with E-state index in [2.05, 4.69) is 31.3 Å². The van der Waals surface area contributed by atoms with Gasteiger partial charge in [-0.05, 0) is 79.4 Å². The zero-order valence-corrected chi connectivity index (χ0v) is 17.8. The van der Waals surface area contributed by atoms with E-state index >= 15 is 0 Å². The van der Waals surface area contributed by atoms with E-state index in [1.807, 2.05) is 43.3 Å². The number of rotatable bonds is 5. The standard InChI is InChI=1S/C26H24FN3O/c1-17-5-4-6-23(13-17)30-25(26(31)28-16-20-8-11-22(27)12-9-20)15-24(29-30)21-10-7-18(2)19(3)14-21/h4-15H,16H2,1-3H3,(H,28,31).